The Labute approximate surface area is 176 Å². The van der Waals surface area contributed by atoms with Crippen LogP contribution >= 0.6 is 0 Å². The summed E-state index contributed by atoms with van der Waals surface area (Å²) in [6.45, 7) is 2.64. The first-order valence-corrected chi connectivity index (χ1v) is 11.8. The molecule has 0 radical (unpaired) electrons. The fourth-order valence-corrected chi connectivity index (χ4v) is 5.01. The smallest absolute Gasteiger partial charge is 0.130 e. The van der Waals surface area contributed by atoms with Crippen LogP contribution in [0.2, 0.25) is 0 Å². The Morgan fingerprint density at radius 2 is 1.10 bits per heavy atom. The molecule has 2 saturated carbocycles. The zero-order valence-corrected chi connectivity index (χ0v) is 17.9. The van der Waals surface area contributed by atoms with Gasteiger partial charge in [0.1, 0.15) is 24.2 Å². The van der Waals surface area contributed by atoms with Crippen molar-refractivity contribution in [3.63, 3.8) is 0 Å². The van der Waals surface area contributed by atoms with Crippen LogP contribution in [0.1, 0.15) is 94.1 Å². The van der Waals surface area contributed by atoms with E-state index < -0.39 is 0 Å². The van der Waals surface area contributed by atoms with E-state index >= 15 is 0 Å². The highest BCUT2D eigenvalue weighted by Gasteiger charge is 2.16. The van der Waals surface area contributed by atoms with E-state index in [-0.39, 0.29) is 6.10 Å². The van der Waals surface area contributed by atoms with Gasteiger partial charge in [0.25, 0.3) is 0 Å². The zero-order valence-electron chi connectivity index (χ0n) is 17.9. The van der Waals surface area contributed by atoms with E-state index in [0.717, 1.165) is 23.3 Å². The molecule has 1 unspecified atom stereocenters. The predicted molar refractivity (Wildman–Crippen MR) is 120 cm³/mol. The minimum Gasteiger partial charge on any atom is -0.490 e. The Morgan fingerprint density at radius 1 is 0.655 bits per heavy atom. The summed E-state index contributed by atoms with van der Waals surface area (Å²) in [4.78, 5) is 0. The summed E-state index contributed by atoms with van der Waals surface area (Å²) in [5.74, 6) is 3.37. The molecule has 0 aliphatic heterocycles. The summed E-state index contributed by atoms with van der Waals surface area (Å²) >= 11 is 0. The van der Waals surface area contributed by atoms with Crippen LogP contribution in [0.4, 0.5) is 0 Å². The number of rotatable bonds is 7. The van der Waals surface area contributed by atoms with Gasteiger partial charge in [-0.05, 0) is 79.8 Å². The number of hydrogen-bond acceptors (Lipinski definition) is 2. The van der Waals surface area contributed by atoms with Gasteiger partial charge >= 0.3 is 0 Å². The molecule has 2 nitrogen and oxygen atoms in total. The first-order valence-electron chi connectivity index (χ1n) is 11.8. The van der Waals surface area contributed by atoms with Crippen molar-refractivity contribution in [3.05, 3.63) is 59.7 Å². The molecule has 29 heavy (non-hydrogen) atoms. The molecule has 0 spiro atoms. The van der Waals surface area contributed by atoms with Crippen molar-refractivity contribution in [2.45, 2.75) is 89.1 Å². The standard InChI is InChI=1S/C27H36O2/c1-21(29-27-18-14-25(15-19-27)23-10-6-3-7-11-23)20-28-26-16-12-24(13-17-26)22-8-4-2-5-9-22/h12-19,21-23H,2-11,20H2,1H3. The van der Waals surface area contributed by atoms with Crippen molar-refractivity contribution in [2.24, 2.45) is 0 Å². The molecule has 2 fully saturated rings. The molecule has 1 atom stereocenters. The molecule has 4 rings (SSSR count). The highest BCUT2D eigenvalue weighted by Crippen LogP contribution is 2.34. The molecule has 0 saturated heterocycles. The van der Waals surface area contributed by atoms with Crippen LogP contribution < -0.4 is 9.47 Å². The van der Waals surface area contributed by atoms with Crippen LogP contribution in [0, 0.1) is 0 Å². The molecule has 0 bridgehead atoms. The normalized spacial score (nSPS) is 19.6. The number of ether oxygens (including phenoxy) is 2. The average Bonchev–Trinajstić information content (AvgIpc) is 2.80. The summed E-state index contributed by atoms with van der Waals surface area (Å²) in [6.07, 6.45) is 13.7. The minimum absolute atomic E-state index is 0.0218. The van der Waals surface area contributed by atoms with Gasteiger partial charge in [0.2, 0.25) is 0 Å². The fraction of sp³-hybridized carbons (Fsp3) is 0.556. The second-order valence-electron chi connectivity index (χ2n) is 9.05. The van der Waals surface area contributed by atoms with Crippen LogP contribution in [-0.4, -0.2) is 12.7 Å². The largest absolute Gasteiger partial charge is 0.490 e. The molecule has 0 N–H and O–H groups in total. The molecule has 2 aromatic carbocycles. The van der Waals surface area contributed by atoms with Gasteiger partial charge < -0.3 is 9.47 Å². The third-order valence-corrected chi connectivity index (χ3v) is 6.74. The van der Waals surface area contributed by atoms with E-state index in [1.54, 1.807) is 0 Å². The van der Waals surface area contributed by atoms with Crippen molar-refractivity contribution in [3.8, 4) is 11.5 Å². The van der Waals surface area contributed by atoms with Crippen molar-refractivity contribution >= 4 is 0 Å². The third kappa shape index (κ3) is 5.78. The SMILES string of the molecule is CC(COc1ccc(C2CCCCC2)cc1)Oc1ccc(C2CCCCC2)cc1. The Hall–Kier alpha value is -1.96. The van der Waals surface area contributed by atoms with Gasteiger partial charge in [0, 0.05) is 0 Å². The number of benzene rings is 2. The Balaban J connectivity index is 1.23. The highest BCUT2D eigenvalue weighted by molar-refractivity contribution is 5.31. The molecular weight excluding hydrogens is 356 g/mol. The lowest BCUT2D eigenvalue weighted by Gasteiger charge is -2.23. The van der Waals surface area contributed by atoms with Crippen LogP contribution in [0.25, 0.3) is 0 Å². The summed E-state index contributed by atoms with van der Waals surface area (Å²) < 4.78 is 12.0. The fourth-order valence-electron chi connectivity index (χ4n) is 5.01. The minimum atomic E-state index is 0.0218. The monoisotopic (exact) mass is 392 g/mol. The Bertz CT molecular complexity index is 722. The van der Waals surface area contributed by atoms with Gasteiger partial charge in [-0.1, -0.05) is 62.8 Å². The van der Waals surface area contributed by atoms with Crippen LogP contribution in [0.5, 0.6) is 11.5 Å². The molecule has 0 aromatic heterocycles. The topological polar surface area (TPSA) is 18.5 Å². The molecule has 2 heteroatoms. The predicted octanol–water partition coefficient (Wildman–Crippen LogP) is 7.63. The maximum atomic E-state index is 6.07. The lowest BCUT2D eigenvalue weighted by Crippen LogP contribution is -2.21. The summed E-state index contributed by atoms with van der Waals surface area (Å²) in [5, 5.41) is 0. The second kappa shape index (κ2) is 10.2. The van der Waals surface area contributed by atoms with Gasteiger partial charge in [-0.25, -0.2) is 0 Å². The Kier molecular flexibility index (Phi) is 7.14. The highest BCUT2D eigenvalue weighted by atomic mass is 16.5. The molecule has 156 valence electrons. The average molecular weight is 393 g/mol. The maximum Gasteiger partial charge on any atom is 0.130 e. The van der Waals surface area contributed by atoms with E-state index in [4.69, 9.17) is 9.47 Å². The second-order valence-corrected chi connectivity index (χ2v) is 9.05. The summed E-state index contributed by atoms with van der Waals surface area (Å²) in [6, 6.07) is 17.5. The van der Waals surface area contributed by atoms with Crippen molar-refractivity contribution in [2.75, 3.05) is 6.61 Å². The molecular formula is C27H36O2. The summed E-state index contributed by atoms with van der Waals surface area (Å²) in [5.41, 5.74) is 2.94. The quantitative estimate of drug-likeness (QED) is 0.482. The first kappa shape index (κ1) is 20.3. The summed E-state index contributed by atoms with van der Waals surface area (Å²) in [7, 11) is 0. The van der Waals surface area contributed by atoms with E-state index in [2.05, 4.69) is 55.5 Å². The lowest BCUT2D eigenvalue weighted by molar-refractivity contribution is 0.143. The number of hydrogen-bond donors (Lipinski definition) is 0. The van der Waals surface area contributed by atoms with Crippen molar-refractivity contribution in [1.29, 1.82) is 0 Å². The van der Waals surface area contributed by atoms with Gasteiger partial charge in [0.05, 0.1) is 0 Å². The molecule has 2 aliphatic rings. The van der Waals surface area contributed by atoms with E-state index in [1.165, 1.54) is 75.3 Å². The molecule has 0 heterocycles. The van der Waals surface area contributed by atoms with E-state index in [0.29, 0.717) is 6.61 Å². The van der Waals surface area contributed by atoms with E-state index in [9.17, 15) is 0 Å². The van der Waals surface area contributed by atoms with Gasteiger partial charge in [-0.3, -0.25) is 0 Å². The van der Waals surface area contributed by atoms with Crippen molar-refractivity contribution in [1.82, 2.24) is 0 Å². The van der Waals surface area contributed by atoms with Gasteiger partial charge in [-0.2, -0.15) is 0 Å². The Morgan fingerprint density at radius 3 is 1.59 bits per heavy atom. The lowest BCUT2D eigenvalue weighted by atomic mass is 9.84. The first-order chi connectivity index (χ1) is 14.3. The zero-order chi connectivity index (χ0) is 19.9. The van der Waals surface area contributed by atoms with Crippen LogP contribution in [0.15, 0.2) is 48.5 Å². The van der Waals surface area contributed by atoms with E-state index in [1.807, 2.05) is 0 Å². The molecule has 2 aromatic rings. The molecule has 0 amide bonds. The molecule has 2 aliphatic carbocycles. The third-order valence-electron chi connectivity index (χ3n) is 6.74. The van der Waals surface area contributed by atoms with Crippen molar-refractivity contribution < 1.29 is 9.47 Å². The van der Waals surface area contributed by atoms with Crippen LogP contribution in [-0.2, 0) is 0 Å². The van der Waals surface area contributed by atoms with Gasteiger partial charge in [0.15, 0.2) is 0 Å². The van der Waals surface area contributed by atoms with Crippen LogP contribution in [0.3, 0.4) is 0 Å². The van der Waals surface area contributed by atoms with Gasteiger partial charge in [-0.15, -0.1) is 0 Å². The maximum absolute atomic E-state index is 6.07.